The molecule has 4 rings (SSSR count). The number of benzene rings is 2. The Balaban J connectivity index is 1.25. The number of sulfonamides is 1. The largest absolute Gasteiger partial charge is 0.337 e. The van der Waals surface area contributed by atoms with Gasteiger partial charge in [-0.05, 0) is 51.1 Å². The molecule has 2 heterocycles. The van der Waals surface area contributed by atoms with E-state index in [-0.39, 0.29) is 17.0 Å². The summed E-state index contributed by atoms with van der Waals surface area (Å²) in [7, 11) is -3.54. The van der Waals surface area contributed by atoms with Crippen LogP contribution in [0.5, 0.6) is 0 Å². The summed E-state index contributed by atoms with van der Waals surface area (Å²) in [6, 6.07) is 16.0. The maximum atomic E-state index is 12.6. The molecular weight excluding hydrogens is 438 g/mol. The first-order chi connectivity index (χ1) is 15.8. The summed E-state index contributed by atoms with van der Waals surface area (Å²) in [5.74, 6) is 0. The monoisotopic (exact) mass is 467 g/mol. The van der Waals surface area contributed by atoms with Gasteiger partial charge in [0, 0.05) is 36.8 Å². The number of likely N-dealkylation sites (tertiary alicyclic amines) is 1. The van der Waals surface area contributed by atoms with Gasteiger partial charge in [0.2, 0.25) is 10.0 Å². The number of nitrogens with one attached hydrogen (secondary N) is 3. The van der Waals surface area contributed by atoms with Gasteiger partial charge >= 0.3 is 6.03 Å². The summed E-state index contributed by atoms with van der Waals surface area (Å²) in [5, 5.41) is 6.69. The smallest absolute Gasteiger partial charge is 0.319 e. The number of carbonyl (C=O) groups is 1. The van der Waals surface area contributed by atoms with Gasteiger partial charge in [-0.1, -0.05) is 35.9 Å². The van der Waals surface area contributed by atoms with Crippen molar-refractivity contribution >= 4 is 32.6 Å². The lowest BCUT2D eigenvalue weighted by Crippen LogP contribution is -2.39. The predicted octanol–water partition coefficient (Wildman–Crippen LogP) is 3.03. The van der Waals surface area contributed by atoms with Crippen LogP contribution in [0.3, 0.4) is 0 Å². The van der Waals surface area contributed by atoms with Gasteiger partial charge in [0.1, 0.15) is 0 Å². The van der Waals surface area contributed by atoms with Crippen molar-refractivity contribution in [2.75, 3.05) is 31.5 Å². The van der Waals surface area contributed by atoms with Crippen LogP contribution in [0.2, 0.25) is 0 Å². The van der Waals surface area contributed by atoms with Crippen LogP contribution < -0.4 is 15.4 Å². The summed E-state index contributed by atoms with van der Waals surface area (Å²) in [5.41, 5.74) is 3.41. The summed E-state index contributed by atoms with van der Waals surface area (Å²) < 4.78 is 28.0. The molecule has 2 amide bonds. The predicted molar refractivity (Wildman–Crippen MR) is 130 cm³/mol. The molecule has 1 aliphatic heterocycles. The van der Waals surface area contributed by atoms with Gasteiger partial charge in [-0.2, -0.15) is 0 Å². The molecule has 3 aromatic rings. The van der Waals surface area contributed by atoms with Gasteiger partial charge in [-0.25, -0.2) is 17.9 Å². The van der Waals surface area contributed by atoms with Crippen LogP contribution in [-0.2, 0) is 10.0 Å². The Morgan fingerprint density at radius 1 is 1.12 bits per heavy atom. The van der Waals surface area contributed by atoms with E-state index in [4.69, 9.17) is 0 Å². The van der Waals surface area contributed by atoms with Crippen LogP contribution in [0.15, 0.2) is 59.5 Å². The molecule has 0 spiro atoms. The number of aryl methyl sites for hydroxylation is 2. The van der Waals surface area contributed by atoms with Crippen LogP contribution in [-0.4, -0.2) is 56.6 Å². The minimum absolute atomic E-state index is 0.142. The summed E-state index contributed by atoms with van der Waals surface area (Å²) in [6.07, 6.45) is 0.736. The van der Waals surface area contributed by atoms with Crippen molar-refractivity contribution in [3.8, 4) is 0 Å². The highest BCUT2D eigenvalue weighted by Crippen LogP contribution is 2.22. The van der Waals surface area contributed by atoms with Crippen molar-refractivity contribution in [3.63, 3.8) is 0 Å². The third-order valence-electron chi connectivity index (χ3n) is 5.73. The zero-order chi connectivity index (χ0) is 23.4. The van der Waals surface area contributed by atoms with E-state index in [0.717, 1.165) is 40.8 Å². The molecule has 1 unspecified atom stereocenters. The number of hydrogen-bond acceptors (Lipinski definition) is 5. The first kappa shape index (κ1) is 23.2. The van der Waals surface area contributed by atoms with Gasteiger partial charge in [0.25, 0.3) is 0 Å². The van der Waals surface area contributed by atoms with Gasteiger partial charge in [-0.3, -0.25) is 9.88 Å². The maximum absolute atomic E-state index is 12.6. The van der Waals surface area contributed by atoms with Crippen LogP contribution in [0, 0.1) is 13.8 Å². The van der Waals surface area contributed by atoms with Gasteiger partial charge in [-0.15, -0.1) is 0 Å². The average molecular weight is 468 g/mol. The molecule has 9 heteroatoms. The van der Waals surface area contributed by atoms with Gasteiger partial charge in [0.15, 0.2) is 0 Å². The number of para-hydroxylation sites is 1. The standard InChI is InChI=1S/C24H29N5O3S/c1-17-7-9-20(10-8-17)33(31,32)28-19-11-13-29(16-19)14-12-25-24(30)27-23-15-18(2)26-22-6-4-3-5-21(22)23/h3-10,15,19,28H,11-14,16H2,1-2H3,(H2,25,26,27,30). The molecule has 1 aromatic heterocycles. The molecule has 8 nitrogen and oxygen atoms in total. The molecule has 1 saturated heterocycles. The molecule has 174 valence electrons. The number of carbonyl (C=O) groups excluding carboxylic acids is 1. The highest BCUT2D eigenvalue weighted by molar-refractivity contribution is 7.89. The third kappa shape index (κ3) is 5.87. The molecule has 1 fully saturated rings. The Labute approximate surface area is 194 Å². The van der Waals surface area contributed by atoms with Crippen LogP contribution >= 0.6 is 0 Å². The summed E-state index contributed by atoms with van der Waals surface area (Å²) >= 11 is 0. The van der Waals surface area contributed by atoms with E-state index in [2.05, 4.69) is 25.2 Å². The zero-order valence-electron chi connectivity index (χ0n) is 18.8. The Morgan fingerprint density at radius 3 is 2.67 bits per heavy atom. The topological polar surface area (TPSA) is 103 Å². The Bertz CT molecular complexity index is 1240. The van der Waals surface area contributed by atoms with Crippen molar-refractivity contribution in [2.24, 2.45) is 0 Å². The summed E-state index contributed by atoms with van der Waals surface area (Å²) in [6.45, 7) is 6.32. The van der Waals surface area contributed by atoms with Crippen LogP contribution in [0.25, 0.3) is 10.9 Å². The number of hydrogen-bond donors (Lipinski definition) is 3. The number of aromatic nitrogens is 1. The summed E-state index contributed by atoms with van der Waals surface area (Å²) in [4.78, 5) is 19.3. The second-order valence-electron chi connectivity index (χ2n) is 8.43. The Hall–Kier alpha value is -3.01. The van der Waals surface area contributed by atoms with Crippen LogP contribution in [0.4, 0.5) is 10.5 Å². The van der Waals surface area contributed by atoms with E-state index in [1.54, 1.807) is 24.3 Å². The fraction of sp³-hybridized carbons (Fsp3) is 0.333. The Kier molecular flexibility index (Phi) is 6.92. The SMILES string of the molecule is Cc1ccc(S(=O)(=O)NC2CCN(CCNC(=O)Nc3cc(C)nc4ccccc34)C2)cc1. The first-order valence-corrected chi connectivity index (χ1v) is 12.5. The van der Waals surface area contributed by atoms with Gasteiger partial charge in [0.05, 0.1) is 16.1 Å². The number of rotatable bonds is 7. The fourth-order valence-corrected chi connectivity index (χ4v) is 5.30. The third-order valence-corrected chi connectivity index (χ3v) is 7.27. The first-order valence-electron chi connectivity index (χ1n) is 11.0. The number of anilines is 1. The molecule has 33 heavy (non-hydrogen) atoms. The quantitative estimate of drug-likeness (QED) is 0.496. The van der Waals surface area contributed by atoms with Crippen molar-refractivity contribution < 1.29 is 13.2 Å². The molecule has 3 N–H and O–H groups in total. The van der Waals surface area contributed by atoms with Crippen LogP contribution in [0.1, 0.15) is 17.7 Å². The zero-order valence-corrected chi connectivity index (χ0v) is 19.7. The van der Waals surface area contributed by atoms with Crippen molar-refractivity contribution in [1.82, 2.24) is 19.9 Å². The van der Waals surface area contributed by atoms with E-state index < -0.39 is 10.0 Å². The normalized spacial score (nSPS) is 16.7. The number of nitrogens with zero attached hydrogens (tertiary/aromatic N) is 2. The van der Waals surface area contributed by atoms with E-state index in [1.807, 2.05) is 44.2 Å². The maximum Gasteiger partial charge on any atom is 0.319 e. The number of fused-ring (bicyclic) bond motifs is 1. The molecule has 0 saturated carbocycles. The lowest BCUT2D eigenvalue weighted by atomic mass is 10.1. The van der Waals surface area contributed by atoms with E-state index in [1.165, 1.54) is 0 Å². The van der Waals surface area contributed by atoms with Crippen molar-refractivity contribution in [1.29, 1.82) is 0 Å². The molecule has 0 radical (unpaired) electrons. The van der Waals surface area contributed by atoms with Crippen molar-refractivity contribution in [3.05, 3.63) is 65.9 Å². The number of urea groups is 1. The minimum Gasteiger partial charge on any atom is -0.337 e. The lowest BCUT2D eigenvalue weighted by Gasteiger charge is -2.17. The molecular formula is C24H29N5O3S. The second-order valence-corrected chi connectivity index (χ2v) is 10.1. The highest BCUT2D eigenvalue weighted by Gasteiger charge is 2.27. The number of amides is 2. The second kappa shape index (κ2) is 9.86. The molecule has 1 atom stereocenters. The average Bonchev–Trinajstić information content (AvgIpc) is 3.20. The van der Waals surface area contributed by atoms with Crippen molar-refractivity contribution in [2.45, 2.75) is 31.2 Å². The van der Waals surface area contributed by atoms with E-state index >= 15 is 0 Å². The Morgan fingerprint density at radius 2 is 1.88 bits per heavy atom. The lowest BCUT2D eigenvalue weighted by molar-refractivity contribution is 0.249. The minimum atomic E-state index is -3.54. The fourth-order valence-electron chi connectivity index (χ4n) is 4.04. The van der Waals surface area contributed by atoms with E-state index in [0.29, 0.717) is 19.6 Å². The molecule has 2 aromatic carbocycles. The van der Waals surface area contributed by atoms with E-state index in [9.17, 15) is 13.2 Å². The molecule has 1 aliphatic rings. The highest BCUT2D eigenvalue weighted by atomic mass is 32.2. The molecule has 0 aliphatic carbocycles. The number of pyridine rings is 1. The molecule has 0 bridgehead atoms. The van der Waals surface area contributed by atoms with Gasteiger partial charge < -0.3 is 10.6 Å².